The predicted octanol–water partition coefficient (Wildman–Crippen LogP) is 3.01. The van der Waals surface area contributed by atoms with Crippen LogP contribution in [0, 0.1) is 13.8 Å². The first-order valence-corrected chi connectivity index (χ1v) is 11.6. The SMILES string of the molecule is C=CCNC(=O)[C@@H]1CCCN1C(=O)c1ccc(NS(=O)(=O)c2cc(C)ccc2C)cc1. The van der Waals surface area contributed by atoms with Crippen LogP contribution >= 0.6 is 0 Å². The molecule has 1 fully saturated rings. The lowest BCUT2D eigenvalue weighted by Gasteiger charge is -2.24. The highest BCUT2D eigenvalue weighted by Crippen LogP contribution is 2.23. The number of hydrogen-bond donors (Lipinski definition) is 2. The zero-order valence-electron chi connectivity index (χ0n) is 17.7. The number of amides is 2. The van der Waals surface area contributed by atoms with Gasteiger partial charge in [0.25, 0.3) is 15.9 Å². The molecule has 164 valence electrons. The molecular weight excluding hydrogens is 414 g/mol. The van der Waals surface area contributed by atoms with Crippen molar-refractivity contribution in [2.45, 2.75) is 37.6 Å². The van der Waals surface area contributed by atoms with Crippen molar-refractivity contribution in [1.82, 2.24) is 10.2 Å². The van der Waals surface area contributed by atoms with Gasteiger partial charge in [-0.05, 0) is 68.1 Å². The van der Waals surface area contributed by atoms with Crippen LogP contribution < -0.4 is 10.0 Å². The number of carbonyl (C=O) groups excluding carboxylic acids is 2. The fourth-order valence-electron chi connectivity index (χ4n) is 3.63. The van der Waals surface area contributed by atoms with Gasteiger partial charge in [0.15, 0.2) is 0 Å². The molecule has 2 aromatic carbocycles. The van der Waals surface area contributed by atoms with E-state index in [4.69, 9.17) is 0 Å². The number of likely N-dealkylation sites (tertiary alicyclic amines) is 1. The van der Waals surface area contributed by atoms with E-state index in [-0.39, 0.29) is 16.7 Å². The van der Waals surface area contributed by atoms with E-state index >= 15 is 0 Å². The quantitative estimate of drug-likeness (QED) is 0.646. The summed E-state index contributed by atoms with van der Waals surface area (Å²) in [7, 11) is -3.75. The molecule has 3 rings (SSSR count). The van der Waals surface area contributed by atoms with Gasteiger partial charge < -0.3 is 10.2 Å². The van der Waals surface area contributed by atoms with Crippen LogP contribution in [0.5, 0.6) is 0 Å². The number of nitrogens with zero attached hydrogens (tertiary/aromatic N) is 1. The summed E-state index contributed by atoms with van der Waals surface area (Å²) in [6.45, 7) is 8.02. The van der Waals surface area contributed by atoms with Crippen molar-refractivity contribution in [1.29, 1.82) is 0 Å². The minimum absolute atomic E-state index is 0.191. The van der Waals surface area contributed by atoms with Gasteiger partial charge in [-0.25, -0.2) is 8.42 Å². The average Bonchev–Trinajstić information content (AvgIpc) is 3.23. The maximum Gasteiger partial charge on any atom is 0.262 e. The lowest BCUT2D eigenvalue weighted by Crippen LogP contribution is -2.46. The molecule has 1 saturated heterocycles. The largest absolute Gasteiger partial charge is 0.351 e. The van der Waals surface area contributed by atoms with Crippen LogP contribution in [0.2, 0.25) is 0 Å². The first kappa shape index (κ1) is 22.6. The third-order valence-electron chi connectivity index (χ3n) is 5.25. The Hall–Kier alpha value is -3.13. The molecule has 2 amide bonds. The van der Waals surface area contributed by atoms with Gasteiger partial charge >= 0.3 is 0 Å². The van der Waals surface area contributed by atoms with Gasteiger partial charge in [0, 0.05) is 24.3 Å². The van der Waals surface area contributed by atoms with Crippen molar-refractivity contribution >= 4 is 27.5 Å². The number of hydrogen-bond acceptors (Lipinski definition) is 4. The molecule has 0 radical (unpaired) electrons. The van der Waals surface area contributed by atoms with E-state index in [1.807, 2.05) is 13.0 Å². The number of benzene rings is 2. The van der Waals surface area contributed by atoms with Crippen molar-refractivity contribution < 1.29 is 18.0 Å². The molecule has 2 aromatic rings. The number of sulfonamides is 1. The fourth-order valence-corrected chi connectivity index (χ4v) is 5.02. The molecule has 7 nitrogen and oxygen atoms in total. The van der Waals surface area contributed by atoms with Gasteiger partial charge in [0.1, 0.15) is 6.04 Å². The van der Waals surface area contributed by atoms with Crippen LogP contribution in [-0.4, -0.2) is 44.3 Å². The van der Waals surface area contributed by atoms with Crippen LogP contribution in [0.1, 0.15) is 34.3 Å². The second-order valence-electron chi connectivity index (χ2n) is 7.64. The molecule has 0 bridgehead atoms. The molecular formula is C23H27N3O4S. The zero-order valence-corrected chi connectivity index (χ0v) is 18.5. The van der Waals surface area contributed by atoms with E-state index in [1.165, 1.54) is 0 Å². The predicted molar refractivity (Wildman–Crippen MR) is 120 cm³/mol. The van der Waals surface area contributed by atoms with Gasteiger partial charge in [0.05, 0.1) is 4.90 Å². The van der Waals surface area contributed by atoms with Crippen molar-refractivity contribution in [2.75, 3.05) is 17.8 Å². The molecule has 0 saturated carbocycles. The molecule has 2 N–H and O–H groups in total. The zero-order chi connectivity index (χ0) is 22.6. The van der Waals surface area contributed by atoms with E-state index < -0.39 is 16.1 Å². The van der Waals surface area contributed by atoms with Crippen LogP contribution in [0.25, 0.3) is 0 Å². The minimum atomic E-state index is -3.75. The highest BCUT2D eigenvalue weighted by molar-refractivity contribution is 7.92. The lowest BCUT2D eigenvalue weighted by atomic mass is 10.1. The Labute approximate surface area is 183 Å². The van der Waals surface area contributed by atoms with Crippen LogP contribution in [0.4, 0.5) is 5.69 Å². The Morgan fingerprint density at radius 1 is 1.16 bits per heavy atom. The molecule has 0 aromatic heterocycles. The molecule has 0 spiro atoms. The molecule has 0 unspecified atom stereocenters. The topological polar surface area (TPSA) is 95.6 Å². The Balaban J connectivity index is 1.74. The normalized spacial score (nSPS) is 16.1. The van der Waals surface area contributed by atoms with Crippen molar-refractivity contribution in [2.24, 2.45) is 0 Å². The summed E-state index contributed by atoms with van der Waals surface area (Å²) >= 11 is 0. The van der Waals surface area contributed by atoms with Crippen LogP contribution in [-0.2, 0) is 14.8 Å². The third kappa shape index (κ3) is 5.14. The first-order valence-electron chi connectivity index (χ1n) is 10.1. The molecule has 1 aliphatic rings. The third-order valence-corrected chi connectivity index (χ3v) is 6.78. The maximum absolute atomic E-state index is 12.9. The summed E-state index contributed by atoms with van der Waals surface area (Å²) in [6.07, 6.45) is 2.96. The minimum Gasteiger partial charge on any atom is -0.351 e. The molecule has 1 atom stereocenters. The molecule has 31 heavy (non-hydrogen) atoms. The lowest BCUT2D eigenvalue weighted by molar-refractivity contribution is -0.124. The van der Waals surface area contributed by atoms with Crippen LogP contribution in [0.15, 0.2) is 60.0 Å². The fraction of sp³-hybridized carbons (Fsp3) is 0.304. The summed E-state index contributed by atoms with van der Waals surface area (Å²) < 4.78 is 28.1. The highest BCUT2D eigenvalue weighted by Gasteiger charge is 2.34. The van der Waals surface area contributed by atoms with Crippen molar-refractivity contribution in [3.8, 4) is 0 Å². The Bertz CT molecular complexity index is 1090. The average molecular weight is 442 g/mol. The Morgan fingerprint density at radius 2 is 1.87 bits per heavy atom. The molecule has 1 aliphatic heterocycles. The van der Waals surface area contributed by atoms with E-state index in [1.54, 1.807) is 54.3 Å². The highest BCUT2D eigenvalue weighted by atomic mass is 32.2. The van der Waals surface area contributed by atoms with Gasteiger partial charge in [-0.2, -0.15) is 0 Å². The van der Waals surface area contributed by atoms with E-state index in [2.05, 4.69) is 16.6 Å². The standard InChI is InChI=1S/C23H27N3O4S/c1-4-13-24-22(27)20-6-5-14-26(20)23(28)18-9-11-19(12-10-18)25-31(29,30)21-15-16(2)7-8-17(21)3/h4,7-12,15,20,25H,1,5-6,13-14H2,2-3H3,(H,24,27)/t20-/m0/s1. The summed E-state index contributed by atoms with van der Waals surface area (Å²) in [5.41, 5.74) is 2.26. The van der Waals surface area contributed by atoms with Crippen molar-refractivity contribution in [3.05, 3.63) is 71.8 Å². The van der Waals surface area contributed by atoms with Gasteiger partial charge in [-0.1, -0.05) is 18.2 Å². The summed E-state index contributed by atoms with van der Waals surface area (Å²) in [5.74, 6) is -0.441. The summed E-state index contributed by atoms with van der Waals surface area (Å²) in [4.78, 5) is 27.0. The summed E-state index contributed by atoms with van der Waals surface area (Å²) in [6, 6.07) is 11.0. The molecule has 8 heteroatoms. The Morgan fingerprint density at radius 3 is 2.55 bits per heavy atom. The van der Waals surface area contributed by atoms with Gasteiger partial charge in [-0.3, -0.25) is 14.3 Å². The number of carbonyl (C=O) groups is 2. The number of anilines is 1. The number of aryl methyl sites for hydroxylation is 2. The monoisotopic (exact) mass is 441 g/mol. The second-order valence-corrected chi connectivity index (χ2v) is 9.29. The van der Waals surface area contributed by atoms with Crippen LogP contribution in [0.3, 0.4) is 0 Å². The van der Waals surface area contributed by atoms with E-state index in [0.29, 0.717) is 36.3 Å². The van der Waals surface area contributed by atoms with E-state index in [9.17, 15) is 18.0 Å². The molecule has 1 heterocycles. The Kier molecular flexibility index (Phi) is 6.80. The number of rotatable bonds is 7. The molecule has 0 aliphatic carbocycles. The van der Waals surface area contributed by atoms with Gasteiger partial charge in [-0.15, -0.1) is 6.58 Å². The van der Waals surface area contributed by atoms with E-state index in [0.717, 1.165) is 12.0 Å². The van der Waals surface area contributed by atoms with Crippen molar-refractivity contribution in [3.63, 3.8) is 0 Å². The smallest absolute Gasteiger partial charge is 0.262 e. The maximum atomic E-state index is 12.9. The van der Waals surface area contributed by atoms with Gasteiger partial charge in [0.2, 0.25) is 5.91 Å². The first-order chi connectivity index (χ1) is 14.7. The number of nitrogens with one attached hydrogen (secondary N) is 2. The second kappa shape index (κ2) is 9.34. The summed E-state index contributed by atoms with van der Waals surface area (Å²) in [5, 5.41) is 2.74.